The smallest absolute Gasteiger partial charge is 0.256 e. The molecule has 1 amide bonds. The van der Waals surface area contributed by atoms with Crippen molar-refractivity contribution < 1.29 is 13.9 Å². The van der Waals surface area contributed by atoms with Gasteiger partial charge in [-0.1, -0.05) is 37.6 Å². The average Bonchev–Trinajstić information content (AvgIpc) is 3.52. The van der Waals surface area contributed by atoms with Gasteiger partial charge in [-0.05, 0) is 94.1 Å². The van der Waals surface area contributed by atoms with Crippen molar-refractivity contribution in [3.63, 3.8) is 0 Å². The van der Waals surface area contributed by atoms with E-state index in [1.807, 2.05) is 41.0 Å². The minimum atomic E-state index is -0.569. The van der Waals surface area contributed by atoms with Gasteiger partial charge in [0.2, 0.25) is 5.43 Å². The maximum absolute atomic E-state index is 15.9. The summed E-state index contributed by atoms with van der Waals surface area (Å²) in [5, 5.41) is 8.39. The van der Waals surface area contributed by atoms with Gasteiger partial charge in [-0.15, -0.1) is 0 Å². The average molecular weight is 626 g/mol. The molecule has 2 saturated heterocycles. The van der Waals surface area contributed by atoms with Crippen LogP contribution in [0.5, 0.6) is 11.5 Å². The number of amides is 1. The summed E-state index contributed by atoms with van der Waals surface area (Å²) in [5.41, 5.74) is 0.890. The van der Waals surface area contributed by atoms with Gasteiger partial charge in [0.25, 0.3) is 5.91 Å². The number of rotatable bonds is 10. The topological polar surface area (TPSA) is 78.8 Å². The van der Waals surface area contributed by atoms with Crippen LogP contribution in [-0.2, 0) is 0 Å². The van der Waals surface area contributed by atoms with Crippen molar-refractivity contribution in [2.75, 3.05) is 44.6 Å². The number of nitrogens with one attached hydrogen (secondary N) is 2. The van der Waals surface area contributed by atoms with Crippen LogP contribution in [0.3, 0.4) is 0 Å². The molecule has 2 unspecified atom stereocenters. The molecule has 3 aromatic carbocycles. The number of halogens is 1. The number of carbonyl (C=O) groups excluding carboxylic acids is 1. The van der Waals surface area contributed by atoms with Gasteiger partial charge in [0.05, 0.1) is 11.1 Å². The number of likely N-dealkylation sites (tertiary alicyclic amines) is 2. The standard InChI is InChI=1S/C37H44FN5O3/c1-3-41-18-8-13-27(41)14-16-40-37(45)29-23-43-31-20-25-11-4-5-12-26(25)21-32(31)46-36-33(30(38)22-28(34(36)43)35(29)44)39-15-9-19-42-17-7-6-10-24(42)2/h4-5,11-12,20-24,27,39H,3,6-10,13-19H2,1-2H3,(H,40,45). The first kappa shape index (κ1) is 30.7. The van der Waals surface area contributed by atoms with Crippen LogP contribution in [0.1, 0.15) is 69.2 Å². The van der Waals surface area contributed by atoms with Crippen LogP contribution in [0.25, 0.3) is 27.4 Å². The number of pyridine rings is 1. The first-order chi connectivity index (χ1) is 22.4. The van der Waals surface area contributed by atoms with Crippen LogP contribution in [0.2, 0.25) is 0 Å². The Morgan fingerprint density at radius 3 is 2.63 bits per heavy atom. The molecule has 4 heterocycles. The molecule has 2 atom stereocenters. The van der Waals surface area contributed by atoms with Gasteiger partial charge >= 0.3 is 0 Å². The Morgan fingerprint density at radius 1 is 1.02 bits per heavy atom. The molecule has 1 aromatic heterocycles. The summed E-state index contributed by atoms with van der Waals surface area (Å²) in [6.45, 7) is 9.59. The van der Waals surface area contributed by atoms with Crippen molar-refractivity contribution in [3.8, 4) is 17.2 Å². The van der Waals surface area contributed by atoms with E-state index >= 15 is 4.39 Å². The zero-order valence-corrected chi connectivity index (χ0v) is 26.9. The zero-order chi connectivity index (χ0) is 31.8. The number of fused-ring (bicyclic) bond motifs is 3. The molecular weight excluding hydrogens is 581 g/mol. The quantitative estimate of drug-likeness (QED) is 0.169. The second-order valence-electron chi connectivity index (χ2n) is 13.1. The fraction of sp³-hybridized carbons (Fsp3) is 0.459. The minimum absolute atomic E-state index is 0.00557. The Hall–Kier alpha value is -3.95. The van der Waals surface area contributed by atoms with Crippen LogP contribution in [-0.4, -0.2) is 71.6 Å². The van der Waals surface area contributed by atoms with E-state index in [1.54, 1.807) is 6.20 Å². The monoisotopic (exact) mass is 625 g/mol. The number of carbonyl (C=O) groups is 1. The fourth-order valence-electron chi connectivity index (χ4n) is 7.70. The molecule has 7 rings (SSSR count). The molecule has 0 aliphatic carbocycles. The van der Waals surface area contributed by atoms with Gasteiger partial charge in [0.15, 0.2) is 17.3 Å². The van der Waals surface area contributed by atoms with E-state index in [0.29, 0.717) is 42.1 Å². The number of anilines is 1. The first-order valence-electron chi connectivity index (χ1n) is 17.1. The Labute approximate surface area is 269 Å². The van der Waals surface area contributed by atoms with Gasteiger partial charge in [0.1, 0.15) is 16.8 Å². The number of hydrogen-bond donors (Lipinski definition) is 2. The fourth-order valence-corrected chi connectivity index (χ4v) is 7.70. The number of hydrogen-bond acceptors (Lipinski definition) is 6. The number of nitrogens with zero attached hydrogens (tertiary/aromatic N) is 3. The molecular formula is C37H44FN5O3. The molecule has 3 aliphatic heterocycles. The first-order valence-corrected chi connectivity index (χ1v) is 17.1. The lowest BCUT2D eigenvalue weighted by molar-refractivity contribution is 0.0948. The van der Waals surface area contributed by atoms with Crippen LogP contribution >= 0.6 is 0 Å². The van der Waals surface area contributed by atoms with Crippen LogP contribution < -0.4 is 20.8 Å². The normalized spacial score (nSPS) is 19.7. The van der Waals surface area contributed by atoms with Crippen LogP contribution in [0.4, 0.5) is 10.1 Å². The van der Waals surface area contributed by atoms with Crippen molar-refractivity contribution >= 4 is 33.3 Å². The molecule has 9 heteroatoms. The number of benzene rings is 3. The summed E-state index contributed by atoms with van der Waals surface area (Å²) in [5.74, 6) is -0.199. The third-order valence-corrected chi connectivity index (χ3v) is 10.3. The highest BCUT2D eigenvalue weighted by atomic mass is 19.1. The molecule has 0 saturated carbocycles. The van der Waals surface area contributed by atoms with E-state index in [2.05, 4.69) is 34.3 Å². The lowest BCUT2D eigenvalue weighted by Crippen LogP contribution is -2.38. The molecule has 0 spiro atoms. The third-order valence-electron chi connectivity index (χ3n) is 10.3. The van der Waals surface area contributed by atoms with Gasteiger partial charge in [0, 0.05) is 37.9 Å². The molecule has 0 bridgehead atoms. The van der Waals surface area contributed by atoms with Crippen molar-refractivity contribution in [1.29, 1.82) is 0 Å². The van der Waals surface area contributed by atoms with E-state index in [4.69, 9.17) is 4.74 Å². The highest BCUT2D eigenvalue weighted by Crippen LogP contribution is 2.46. The summed E-state index contributed by atoms with van der Waals surface area (Å²) < 4.78 is 24.2. The van der Waals surface area contributed by atoms with Crippen LogP contribution in [0.15, 0.2) is 53.5 Å². The van der Waals surface area contributed by atoms with Gasteiger partial charge in [-0.3, -0.25) is 9.59 Å². The third kappa shape index (κ3) is 5.75. The molecule has 2 N–H and O–H groups in total. The maximum atomic E-state index is 15.9. The van der Waals surface area contributed by atoms with Crippen molar-refractivity contribution in [2.24, 2.45) is 0 Å². The predicted octanol–water partition coefficient (Wildman–Crippen LogP) is 6.67. The Balaban J connectivity index is 1.23. The van der Waals surface area contributed by atoms with E-state index in [-0.39, 0.29) is 22.4 Å². The van der Waals surface area contributed by atoms with E-state index in [0.717, 1.165) is 56.2 Å². The highest BCUT2D eigenvalue weighted by molar-refractivity contribution is 6.02. The van der Waals surface area contributed by atoms with E-state index in [1.165, 1.54) is 31.7 Å². The lowest BCUT2D eigenvalue weighted by atomic mass is 10.0. The Kier molecular flexibility index (Phi) is 8.70. The van der Waals surface area contributed by atoms with Gasteiger partial charge in [-0.25, -0.2) is 4.39 Å². The Morgan fingerprint density at radius 2 is 1.83 bits per heavy atom. The second-order valence-corrected chi connectivity index (χ2v) is 13.1. The van der Waals surface area contributed by atoms with Crippen molar-refractivity contribution in [2.45, 2.75) is 70.9 Å². The lowest BCUT2D eigenvalue weighted by Gasteiger charge is -2.33. The molecule has 242 valence electrons. The molecule has 46 heavy (non-hydrogen) atoms. The molecule has 2 fully saturated rings. The van der Waals surface area contributed by atoms with E-state index in [9.17, 15) is 9.59 Å². The van der Waals surface area contributed by atoms with Gasteiger partial charge in [-0.2, -0.15) is 0 Å². The van der Waals surface area contributed by atoms with Gasteiger partial charge < -0.3 is 29.7 Å². The summed E-state index contributed by atoms with van der Waals surface area (Å²) >= 11 is 0. The second kappa shape index (κ2) is 13.0. The minimum Gasteiger partial charge on any atom is -0.451 e. The Bertz CT molecular complexity index is 1840. The zero-order valence-electron chi connectivity index (χ0n) is 26.9. The number of aromatic nitrogens is 1. The summed E-state index contributed by atoms with van der Waals surface area (Å²) in [7, 11) is 0. The van der Waals surface area contributed by atoms with Crippen molar-refractivity contribution in [1.82, 2.24) is 19.7 Å². The van der Waals surface area contributed by atoms with E-state index < -0.39 is 17.2 Å². The summed E-state index contributed by atoms with van der Waals surface area (Å²) in [6, 6.07) is 14.2. The summed E-state index contributed by atoms with van der Waals surface area (Å²) in [6.07, 6.45) is 9.28. The predicted molar refractivity (Wildman–Crippen MR) is 182 cm³/mol. The highest BCUT2D eigenvalue weighted by Gasteiger charge is 2.29. The van der Waals surface area contributed by atoms with Crippen LogP contribution in [0, 0.1) is 5.82 Å². The van der Waals surface area contributed by atoms with Crippen molar-refractivity contribution in [3.05, 3.63) is 70.3 Å². The summed E-state index contributed by atoms with van der Waals surface area (Å²) in [4.78, 5) is 32.3. The number of ether oxygens (including phenoxy) is 1. The maximum Gasteiger partial charge on any atom is 0.256 e. The molecule has 0 radical (unpaired) electrons. The molecule has 3 aliphatic rings. The molecule has 8 nitrogen and oxygen atoms in total. The largest absolute Gasteiger partial charge is 0.451 e. The molecule has 4 aromatic rings. The SMILES string of the molecule is CCN1CCCC1CCNC(=O)c1cn2c3c(c(NCCCN4CCCCC4C)c(F)cc3c1=O)Oc1cc3ccccc3cc1-2. The number of piperidine rings is 1.